The highest BCUT2D eigenvalue weighted by molar-refractivity contribution is 5.88. The van der Waals surface area contributed by atoms with Crippen LogP contribution in [-0.4, -0.2) is 22.8 Å². The predicted octanol–water partition coefficient (Wildman–Crippen LogP) is 2.50. The number of terminal acetylenes is 2. The zero-order valence-corrected chi connectivity index (χ0v) is 9.84. The molecule has 17 heavy (non-hydrogen) atoms. The van der Waals surface area contributed by atoms with Crippen LogP contribution in [0.2, 0.25) is 0 Å². The first-order valence-electron chi connectivity index (χ1n) is 5.49. The molecule has 0 rings (SSSR count). The molecule has 0 unspecified atom stereocenters. The lowest BCUT2D eigenvalue weighted by Gasteiger charge is -2.23. The van der Waals surface area contributed by atoms with Crippen molar-refractivity contribution in [2.45, 2.75) is 38.5 Å². The summed E-state index contributed by atoms with van der Waals surface area (Å²) in [6, 6.07) is 0. The maximum Gasteiger partial charge on any atom is 0.0552 e. The Labute approximate surface area is 102 Å². The summed E-state index contributed by atoms with van der Waals surface area (Å²) in [6.45, 7) is 0. The normalized spacial score (nSPS) is 11.6. The van der Waals surface area contributed by atoms with Crippen LogP contribution in [-0.2, 0) is 0 Å². The third kappa shape index (κ3) is 6.27. The average Bonchev–Trinajstić information content (AvgIpc) is 2.30. The summed E-state index contributed by atoms with van der Waals surface area (Å²) in [4.78, 5) is 0. The van der Waals surface area contributed by atoms with Crippen molar-refractivity contribution in [1.82, 2.24) is 0 Å². The Balaban J connectivity index is 4.62. The maximum absolute atomic E-state index is 8.69. The summed E-state index contributed by atoms with van der Waals surface area (Å²) < 4.78 is 0. The number of unbranched alkanes of at least 4 members (excludes halogenated alkanes) is 2. The van der Waals surface area contributed by atoms with Gasteiger partial charge in [-0.25, -0.2) is 0 Å². The molecule has 0 heterocycles. The fraction of sp³-hybridized carbons (Fsp3) is 0.538. The van der Waals surface area contributed by atoms with Crippen LogP contribution in [0.15, 0.2) is 10.3 Å². The largest absolute Gasteiger partial charge is 0.411 e. The second-order valence-corrected chi connectivity index (χ2v) is 3.84. The summed E-state index contributed by atoms with van der Waals surface area (Å²) in [7, 11) is 0. The van der Waals surface area contributed by atoms with Crippen LogP contribution >= 0.6 is 0 Å². The lowest BCUT2D eigenvalue weighted by molar-refractivity contribution is 0.304. The SMILES string of the molecule is C#CCCCC(/C=N/O)(/C=N/O)CCCC#C. The summed E-state index contributed by atoms with van der Waals surface area (Å²) in [6.07, 6.45) is 17.3. The molecule has 0 amide bonds. The highest BCUT2D eigenvalue weighted by Crippen LogP contribution is 2.27. The molecule has 0 atom stereocenters. The number of oxime groups is 2. The summed E-state index contributed by atoms with van der Waals surface area (Å²) in [5.74, 6) is 5.09. The van der Waals surface area contributed by atoms with Crippen molar-refractivity contribution in [2.24, 2.45) is 15.7 Å². The number of hydrogen-bond acceptors (Lipinski definition) is 4. The Morgan fingerprint density at radius 2 is 1.35 bits per heavy atom. The Morgan fingerprint density at radius 3 is 1.65 bits per heavy atom. The van der Waals surface area contributed by atoms with Crippen molar-refractivity contribution in [2.75, 3.05) is 0 Å². The molecule has 0 saturated heterocycles. The quantitative estimate of drug-likeness (QED) is 0.223. The van der Waals surface area contributed by atoms with Gasteiger partial charge in [-0.2, -0.15) is 0 Å². The van der Waals surface area contributed by atoms with E-state index < -0.39 is 5.41 Å². The van der Waals surface area contributed by atoms with Gasteiger partial charge in [-0.15, -0.1) is 35.0 Å². The monoisotopic (exact) mass is 234 g/mol. The number of rotatable bonds is 8. The van der Waals surface area contributed by atoms with Gasteiger partial charge in [0.1, 0.15) is 0 Å². The molecule has 0 aromatic carbocycles. The topological polar surface area (TPSA) is 65.2 Å². The van der Waals surface area contributed by atoms with Crippen molar-refractivity contribution in [3.63, 3.8) is 0 Å². The van der Waals surface area contributed by atoms with Crippen LogP contribution in [0.4, 0.5) is 0 Å². The minimum atomic E-state index is -0.572. The molecule has 4 heteroatoms. The molecule has 0 aliphatic rings. The van der Waals surface area contributed by atoms with Crippen LogP contribution in [0.25, 0.3) is 0 Å². The van der Waals surface area contributed by atoms with Gasteiger partial charge < -0.3 is 10.4 Å². The van der Waals surface area contributed by atoms with Gasteiger partial charge in [-0.1, -0.05) is 0 Å². The second kappa shape index (κ2) is 9.30. The minimum Gasteiger partial charge on any atom is -0.411 e. The molecule has 0 bridgehead atoms. The molecule has 0 aromatic heterocycles. The zero-order valence-electron chi connectivity index (χ0n) is 9.84. The van der Waals surface area contributed by atoms with E-state index in [2.05, 4.69) is 22.2 Å². The summed E-state index contributed by atoms with van der Waals surface area (Å²) in [5.41, 5.74) is -0.572. The Hall–Kier alpha value is -1.94. The Kier molecular flexibility index (Phi) is 8.24. The van der Waals surface area contributed by atoms with Crippen LogP contribution in [0.1, 0.15) is 38.5 Å². The lowest BCUT2D eigenvalue weighted by atomic mass is 9.80. The lowest BCUT2D eigenvalue weighted by Crippen LogP contribution is -2.25. The van der Waals surface area contributed by atoms with Gasteiger partial charge >= 0.3 is 0 Å². The van der Waals surface area contributed by atoms with Crippen molar-refractivity contribution < 1.29 is 10.4 Å². The molecular weight excluding hydrogens is 216 g/mol. The van der Waals surface area contributed by atoms with E-state index in [0.717, 1.165) is 12.8 Å². The van der Waals surface area contributed by atoms with E-state index in [1.165, 1.54) is 12.4 Å². The molecule has 0 aromatic rings. The highest BCUT2D eigenvalue weighted by atomic mass is 16.4. The van der Waals surface area contributed by atoms with Crippen LogP contribution in [0.3, 0.4) is 0 Å². The van der Waals surface area contributed by atoms with Crippen molar-refractivity contribution >= 4 is 12.4 Å². The zero-order chi connectivity index (χ0) is 13.0. The first-order chi connectivity index (χ1) is 8.24. The molecule has 0 radical (unpaired) electrons. The van der Waals surface area contributed by atoms with E-state index >= 15 is 0 Å². The Morgan fingerprint density at radius 1 is 0.941 bits per heavy atom. The van der Waals surface area contributed by atoms with Gasteiger partial charge in [0.15, 0.2) is 0 Å². The van der Waals surface area contributed by atoms with E-state index in [1.54, 1.807) is 0 Å². The summed E-state index contributed by atoms with van der Waals surface area (Å²) >= 11 is 0. The van der Waals surface area contributed by atoms with Gasteiger partial charge in [0.05, 0.1) is 12.4 Å². The van der Waals surface area contributed by atoms with Crippen molar-refractivity contribution in [3.05, 3.63) is 0 Å². The number of nitrogens with zero attached hydrogens (tertiary/aromatic N) is 2. The molecule has 2 N–H and O–H groups in total. The first kappa shape index (κ1) is 15.1. The molecule has 0 aliphatic carbocycles. The molecule has 0 fully saturated rings. The van der Waals surface area contributed by atoms with E-state index in [9.17, 15) is 0 Å². The average molecular weight is 234 g/mol. The van der Waals surface area contributed by atoms with Crippen LogP contribution < -0.4 is 0 Å². The molecule has 4 nitrogen and oxygen atoms in total. The van der Waals surface area contributed by atoms with E-state index in [-0.39, 0.29) is 0 Å². The third-order valence-corrected chi connectivity index (χ3v) is 2.56. The standard InChI is InChI=1S/C13H18N2O2/c1-3-5-7-9-13(11-14-16,12-15-17)10-8-6-4-2/h1-2,11-12,16-17H,5-10H2/b14-11+,15-12+. The smallest absolute Gasteiger partial charge is 0.0552 e. The van der Waals surface area contributed by atoms with Gasteiger partial charge in [0, 0.05) is 18.3 Å². The van der Waals surface area contributed by atoms with Gasteiger partial charge in [0.2, 0.25) is 0 Å². The molecule has 0 saturated carbocycles. The maximum atomic E-state index is 8.69. The van der Waals surface area contributed by atoms with Crippen LogP contribution in [0.5, 0.6) is 0 Å². The highest BCUT2D eigenvalue weighted by Gasteiger charge is 2.26. The van der Waals surface area contributed by atoms with Crippen molar-refractivity contribution in [3.8, 4) is 24.7 Å². The predicted molar refractivity (Wildman–Crippen MR) is 68.4 cm³/mol. The Bertz CT molecular complexity index is 300. The first-order valence-corrected chi connectivity index (χ1v) is 5.49. The number of hydrogen-bond donors (Lipinski definition) is 2. The van der Waals surface area contributed by atoms with Gasteiger partial charge in [-0.3, -0.25) is 0 Å². The van der Waals surface area contributed by atoms with E-state index in [4.69, 9.17) is 23.3 Å². The molecule has 0 spiro atoms. The van der Waals surface area contributed by atoms with Crippen molar-refractivity contribution in [1.29, 1.82) is 0 Å². The molecular formula is C13H18N2O2. The van der Waals surface area contributed by atoms with Crippen LogP contribution in [0, 0.1) is 30.1 Å². The van der Waals surface area contributed by atoms with Gasteiger partial charge in [0.25, 0.3) is 0 Å². The van der Waals surface area contributed by atoms with Gasteiger partial charge in [-0.05, 0) is 25.7 Å². The molecule has 0 aliphatic heterocycles. The van der Waals surface area contributed by atoms with E-state index in [0.29, 0.717) is 25.7 Å². The minimum absolute atomic E-state index is 0.572. The molecule has 92 valence electrons. The summed E-state index contributed by atoms with van der Waals surface area (Å²) in [5, 5.41) is 23.5. The van der Waals surface area contributed by atoms with E-state index in [1.807, 2.05) is 0 Å². The second-order valence-electron chi connectivity index (χ2n) is 3.84. The fourth-order valence-electron chi connectivity index (χ4n) is 1.69. The fourth-order valence-corrected chi connectivity index (χ4v) is 1.69. The third-order valence-electron chi connectivity index (χ3n) is 2.56.